The minimum Gasteiger partial charge on any atom is -0.399 e. The molecule has 2 N–H and O–H groups in total. The Hall–Kier alpha value is -1.11. The fraction of sp³-hybridized carbons (Fsp3) is 0.538. The molecule has 0 spiro atoms. The zero-order chi connectivity index (χ0) is 14.0. The minimum atomic E-state index is -3.49. The van der Waals surface area contributed by atoms with E-state index in [0.717, 1.165) is 5.56 Å². The summed E-state index contributed by atoms with van der Waals surface area (Å²) in [5.41, 5.74) is 7.00. The number of rotatable bonds is 3. The highest BCUT2D eigenvalue weighted by molar-refractivity contribution is 7.89. The minimum absolute atomic E-state index is 0.0744. The fourth-order valence-electron chi connectivity index (χ4n) is 2.25. The van der Waals surface area contributed by atoms with Crippen LogP contribution in [0.5, 0.6) is 0 Å². The first-order chi connectivity index (χ1) is 8.95. The average Bonchev–Trinajstić information content (AvgIpc) is 2.38. The summed E-state index contributed by atoms with van der Waals surface area (Å²) in [6.45, 7) is 5.03. The van der Waals surface area contributed by atoms with Crippen LogP contribution in [0.25, 0.3) is 0 Å². The van der Waals surface area contributed by atoms with Gasteiger partial charge in [0.1, 0.15) is 0 Å². The molecule has 5 nitrogen and oxygen atoms in total. The molecule has 0 bridgehead atoms. The molecule has 0 saturated carbocycles. The summed E-state index contributed by atoms with van der Waals surface area (Å²) in [5, 5.41) is 0. The Labute approximate surface area is 114 Å². The summed E-state index contributed by atoms with van der Waals surface area (Å²) in [6.07, 6.45) is 0.587. The zero-order valence-electron chi connectivity index (χ0n) is 11.3. The van der Waals surface area contributed by atoms with Crippen molar-refractivity contribution in [3.8, 4) is 0 Å². The van der Waals surface area contributed by atoms with Crippen molar-refractivity contribution in [1.29, 1.82) is 0 Å². The van der Waals surface area contributed by atoms with Crippen LogP contribution in [0.1, 0.15) is 19.4 Å². The Morgan fingerprint density at radius 3 is 2.84 bits per heavy atom. The quantitative estimate of drug-likeness (QED) is 0.848. The predicted octanol–water partition coefficient (Wildman–Crippen LogP) is 1.24. The van der Waals surface area contributed by atoms with Gasteiger partial charge in [-0.3, -0.25) is 0 Å². The van der Waals surface area contributed by atoms with Crippen molar-refractivity contribution in [1.82, 2.24) is 4.31 Å². The number of anilines is 1. The molecule has 0 amide bonds. The largest absolute Gasteiger partial charge is 0.399 e. The van der Waals surface area contributed by atoms with Crippen LogP contribution in [-0.4, -0.2) is 38.5 Å². The number of hydrogen-bond acceptors (Lipinski definition) is 4. The topological polar surface area (TPSA) is 72.6 Å². The molecule has 1 aliphatic rings. The summed E-state index contributed by atoms with van der Waals surface area (Å²) in [4.78, 5) is 0.323. The van der Waals surface area contributed by atoms with E-state index in [-0.39, 0.29) is 6.10 Å². The van der Waals surface area contributed by atoms with Crippen molar-refractivity contribution < 1.29 is 13.2 Å². The standard InChI is InChI=1S/C13H20N2O3S/c1-3-11-4-5-12(14)8-13(11)19(16,17)15-6-7-18-10(2)9-15/h4-5,8,10H,3,6-7,9,14H2,1-2H3. The van der Waals surface area contributed by atoms with Crippen LogP contribution in [0.2, 0.25) is 0 Å². The third-order valence-electron chi connectivity index (χ3n) is 3.29. The van der Waals surface area contributed by atoms with Crippen LogP contribution < -0.4 is 5.73 Å². The zero-order valence-corrected chi connectivity index (χ0v) is 12.1. The third-order valence-corrected chi connectivity index (χ3v) is 5.24. The molecule has 1 saturated heterocycles. The van der Waals surface area contributed by atoms with E-state index in [1.807, 2.05) is 13.8 Å². The van der Waals surface area contributed by atoms with Crippen molar-refractivity contribution >= 4 is 15.7 Å². The number of nitrogens with zero attached hydrogens (tertiary/aromatic N) is 1. The first kappa shape index (κ1) is 14.3. The van der Waals surface area contributed by atoms with Crippen LogP contribution in [0.15, 0.2) is 23.1 Å². The van der Waals surface area contributed by atoms with Crippen molar-refractivity contribution in [2.75, 3.05) is 25.4 Å². The highest BCUT2D eigenvalue weighted by Crippen LogP contribution is 2.24. The average molecular weight is 284 g/mol. The molecule has 0 aromatic heterocycles. The number of sulfonamides is 1. The van der Waals surface area contributed by atoms with Crippen molar-refractivity contribution in [3.05, 3.63) is 23.8 Å². The molecular formula is C13H20N2O3S. The van der Waals surface area contributed by atoms with E-state index in [0.29, 0.717) is 36.7 Å². The number of nitrogen functional groups attached to an aromatic ring is 1. The molecule has 6 heteroatoms. The maximum absolute atomic E-state index is 12.7. The van der Waals surface area contributed by atoms with Gasteiger partial charge in [-0.05, 0) is 31.0 Å². The lowest BCUT2D eigenvalue weighted by atomic mass is 10.1. The molecule has 1 aliphatic heterocycles. The van der Waals surface area contributed by atoms with Gasteiger partial charge in [0.25, 0.3) is 0 Å². The summed E-state index contributed by atoms with van der Waals surface area (Å²) in [5.74, 6) is 0. The molecule has 1 heterocycles. The van der Waals surface area contributed by atoms with Gasteiger partial charge in [0.2, 0.25) is 10.0 Å². The Balaban J connectivity index is 2.41. The maximum atomic E-state index is 12.7. The second-order valence-electron chi connectivity index (χ2n) is 4.77. The van der Waals surface area contributed by atoms with Crippen LogP contribution in [0.4, 0.5) is 5.69 Å². The van der Waals surface area contributed by atoms with Gasteiger partial charge >= 0.3 is 0 Å². The monoisotopic (exact) mass is 284 g/mol. The number of morpholine rings is 1. The van der Waals surface area contributed by atoms with Gasteiger partial charge in [-0.15, -0.1) is 0 Å². The highest BCUT2D eigenvalue weighted by Gasteiger charge is 2.30. The lowest BCUT2D eigenvalue weighted by molar-refractivity contribution is 0.0102. The second-order valence-corrected chi connectivity index (χ2v) is 6.67. The lowest BCUT2D eigenvalue weighted by Crippen LogP contribution is -2.44. The number of hydrogen-bond donors (Lipinski definition) is 1. The first-order valence-electron chi connectivity index (χ1n) is 6.45. The van der Waals surface area contributed by atoms with Crippen LogP contribution in [-0.2, 0) is 21.2 Å². The van der Waals surface area contributed by atoms with Crippen molar-refractivity contribution in [3.63, 3.8) is 0 Å². The van der Waals surface area contributed by atoms with Gasteiger partial charge in [-0.25, -0.2) is 8.42 Å². The lowest BCUT2D eigenvalue weighted by Gasteiger charge is -2.30. The number of ether oxygens (including phenoxy) is 1. The molecule has 19 heavy (non-hydrogen) atoms. The van der Waals surface area contributed by atoms with Crippen molar-refractivity contribution in [2.45, 2.75) is 31.3 Å². The smallest absolute Gasteiger partial charge is 0.243 e. The maximum Gasteiger partial charge on any atom is 0.243 e. The Morgan fingerprint density at radius 1 is 1.47 bits per heavy atom. The van der Waals surface area contributed by atoms with Crippen LogP contribution in [0.3, 0.4) is 0 Å². The van der Waals surface area contributed by atoms with E-state index in [2.05, 4.69) is 0 Å². The Kier molecular flexibility index (Phi) is 4.13. The number of aryl methyl sites for hydroxylation is 1. The second kappa shape index (κ2) is 5.48. The molecule has 2 rings (SSSR count). The number of benzene rings is 1. The molecule has 1 atom stereocenters. The van der Waals surface area contributed by atoms with E-state index in [1.54, 1.807) is 18.2 Å². The van der Waals surface area contributed by atoms with Gasteiger partial charge in [0, 0.05) is 18.8 Å². The van der Waals surface area contributed by atoms with Gasteiger partial charge in [-0.1, -0.05) is 13.0 Å². The highest BCUT2D eigenvalue weighted by atomic mass is 32.2. The predicted molar refractivity (Wildman–Crippen MR) is 74.4 cm³/mol. The van der Waals surface area contributed by atoms with E-state index in [9.17, 15) is 8.42 Å². The van der Waals surface area contributed by atoms with Crippen LogP contribution >= 0.6 is 0 Å². The van der Waals surface area contributed by atoms with Crippen LogP contribution in [0, 0.1) is 0 Å². The van der Waals surface area contributed by atoms with Gasteiger partial charge in [0.15, 0.2) is 0 Å². The van der Waals surface area contributed by atoms with Crippen molar-refractivity contribution in [2.24, 2.45) is 0 Å². The van der Waals surface area contributed by atoms with E-state index >= 15 is 0 Å². The van der Waals surface area contributed by atoms with E-state index < -0.39 is 10.0 Å². The molecule has 1 aromatic carbocycles. The van der Waals surface area contributed by atoms with Gasteiger partial charge in [0.05, 0.1) is 17.6 Å². The molecule has 1 aromatic rings. The fourth-order valence-corrected chi connectivity index (χ4v) is 4.08. The first-order valence-corrected chi connectivity index (χ1v) is 7.89. The number of nitrogens with two attached hydrogens (primary N) is 1. The molecule has 1 unspecified atom stereocenters. The summed E-state index contributed by atoms with van der Waals surface area (Å²) in [7, 11) is -3.49. The van der Waals surface area contributed by atoms with Gasteiger partial charge in [-0.2, -0.15) is 4.31 Å². The summed E-state index contributed by atoms with van der Waals surface area (Å²) >= 11 is 0. The Morgan fingerprint density at radius 2 is 2.21 bits per heavy atom. The third kappa shape index (κ3) is 2.91. The molecular weight excluding hydrogens is 264 g/mol. The summed E-state index contributed by atoms with van der Waals surface area (Å²) < 4.78 is 32.2. The summed E-state index contributed by atoms with van der Waals surface area (Å²) in [6, 6.07) is 5.07. The molecule has 1 fully saturated rings. The van der Waals surface area contributed by atoms with E-state index in [1.165, 1.54) is 4.31 Å². The van der Waals surface area contributed by atoms with E-state index in [4.69, 9.17) is 10.5 Å². The normalized spacial score (nSPS) is 21.5. The molecule has 106 valence electrons. The SMILES string of the molecule is CCc1ccc(N)cc1S(=O)(=O)N1CCOC(C)C1. The Bertz CT molecular complexity index is 557. The molecule has 0 aliphatic carbocycles. The van der Waals surface area contributed by atoms with Gasteiger partial charge < -0.3 is 10.5 Å². The molecule has 0 radical (unpaired) electrons.